The largest absolute Gasteiger partial charge is 0.464 e. The Hall–Kier alpha value is -1.32. The minimum atomic E-state index is -0.504. The predicted molar refractivity (Wildman–Crippen MR) is 75.3 cm³/mol. The van der Waals surface area contributed by atoms with Gasteiger partial charge in [-0.2, -0.15) is 0 Å². The number of carbonyl (C=O) groups excluding carboxylic acids is 1. The first kappa shape index (κ1) is 21.0. The number of carbonyl (C=O) groups is 1. The van der Waals surface area contributed by atoms with E-state index in [9.17, 15) is 4.79 Å². The molecule has 102 valence electrons. The Kier molecular flexibility index (Phi) is 18.1. The molecule has 0 aromatic rings. The summed E-state index contributed by atoms with van der Waals surface area (Å²) in [5.41, 5.74) is 0.115. The van der Waals surface area contributed by atoms with Crippen molar-refractivity contribution in [2.75, 3.05) is 21.2 Å². The van der Waals surface area contributed by atoms with Crippen LogP contribution in [0.5, 0.6) is 0 Å². The molecule has 0 spiro atoms. The van der Waals surface area contributed by atoms with Crippen LogP contribution in [-0.2, 0) is 9.53 Å². The topological polar surface area (TPSA) is 41.9 Å². The van der Waals surface area contributed by atoms with Crippen molar-refractivity contribution in [3.8, 4) is 0 Å². The Bertz CT molecular complexity index is 234. The number of rotatable bonds is 2. The van der Waals surface area contributed by atoms with Crippen molar-refractivity contribution in [3.63, 3.8) is 0 Å². The van der Waals surface area contributed by atoms with Gasteiger partial charge in [-0.15, -0.1) is 0 Å². The molecule has 0 fully saturated rings. The second kappa shape index (κ2) is 14.7. The molecule has 0 saturated heterocycles. The van der Waals surface area contributed by atoms with Gasteiger partial charge in [0.2, 0.25) is 0 Å². The molecule has 0 radical (unpaired) electrons. The predicted octanol–water partition coefficient (Wildman–Crippen LogP) is 3.10. The van der Waals surface area contributed by atoms with Crippen molar-refractivity contribution < 1.29 is 9.53 Å². The van der Waals surface area contributed by atoms with Gasteiger partial charge in [0.05, 0.1) is 7.11 Å². The highest BCUT2D eigenvalue weighted by molar-refractivity contribution is 5.92. The summed E-state index contributed by atoms with van der Waals surface area (Å²) in [6.07, 6.45) is 1.25. The highest BCUT2D eigenvalue weighted by atomic mass is 16.5. The summed E-state index contributed by atoms with van der Waals surface area (Å²) >= 11 is 0. The van der Waals surface area contributed by atoms with Gasteiger partial charge in [0.1, 0.15) is 11.5 Å². The third-order valence-corrected chi connectivity index (χ3v) is 1.36. The van der Waals surface area contributed by atoms with Crippen LogP contribution in [0.15, 0.2) is 17.3 Å². The molecule has 0 aliphatic carbocycles. The highest BCUT2D eigenvalue weighted by Crippen LogP contribution is 1.97. The van der Waals surface area contributed by atoms with Crippen molar-refractivity contribution in [2.24, 2.45) is 4.99 Å². The molecule has 4 heteroatoms. The van der Waals surface area contributed by atoms with Crippen LogP contribution in [0, 0.1) is 0 Å². The van der Waals surface area contributed by atoms with Gasteiger partial charge >= 0.3 is 5.97 Å². The van der Waals surface area contributed by atoms with E-state index in [0.717, 1.165) is 0 Å². The first-order valence-corrected chi connectivity index (χ1v) is 5.90. The highest BCUT2D eigenvalue weighted by Gasteiger charge is 2.05. The molecule has 0 amide bonds. The number of amidine groups is 1. The average Bonchev–Trinajstić information content (AvgIpc) is 2.31. The van der Waals surface area contributed by atoms with Gasteiger partial charge in [0.15, 0.2) is 0 Å². The summed E-state index contributed by atoms with van der Waals surface area (Å²) in [5, 5.41) is 0. The Morgan fingerprint density at radius 1 is 1.29 bits per heavy atom. The van der Waals surface area contributed by atoms with Crippen LogP contribution in [0.3, 0.4) is 0 Å². The van der Waals surface area contributed by atoms with Crippen LogP contribution < -0.4 is 0 Å². The maximum atomic E-state index is 10.8. The first-order chi connectivity index (χ1) is 7.90. The molecule has 17 heavy (non-hydrogen) atoms. The third-order valence-electron chi connectivity index (χ3n) is 1.36. The third kappa shape index (κ3) is 14.7. The van der Waals surface area contributed by atoms with Crippen LogP contribution in [0.1, 0.15) is 41.0 Å². The Morgan fingerprint density at radius 3 is 1.88 bits per heavy atom. The molecule has 0 heterocycles. The summed E-state index contributed by atoms with van der Waals surface area (Å²) in [6.45, 7) is 13.5. The molecule has 0 aliphatic rings. The Balaban J connectivity index is -0.000000337. The summed E-state index contributed by atoms with van der Waals surface area (Å²) in [6, 6.07) is 0. The number of ether oxygens (including phenoxy) is 1. The Labute approximate surface area is 106 Å². The van der Waals surface area contributed by atoms with Crippen LogP contribution in [-0.4, -0.2) is 37.9 Å². The van der Waals surface area contributed by atoms with Gasteiger partial charge in [-0.3, -0.25) is 0 Å². The van der Waals surface area contributed by atoms with Crippen molar-refractivity contribution in [2.45, 2.75) is 41.0 Å². The molecule has 0 unspecified atom stereocenters. The van der Waals surface area contributed by atoms with Crippen LogP contribution in [0.4, 0.5) is 0 Å². The van der Waals surface area contributed by atoms with Gasteiger partial charge in [0.25, 0.3) is 0 Å². The van der Waals surface area contributed by atoms with Gasteiger partial charge in [0, 0.05) is 14.1 Å². The zero-order valence-electron chi connectivity index (χ0n) is 12.6. The van der Waals surface area contributed by atoms with E-state index in [4.69, 9.17) is 0 Å². The summed E-state index contributed by atoms with van der Waals surface area (Å²) in [4.78, 5) is 16.5. The molecule has 0 bridgehead atoms. The number of aliphatic imine (C=N–C) groups is 1. The van der Waals surface area contributed by atoms with E-state index in [2.05, 4.69) is 30.2 Å². The number of methoxy groups -OCH3 is 1. The van der Waals surface area contributed by atoms with Gasteiger partial charge in [-0.25, -0.2) is 9.79 Å². The average molecular weight is 244 g/mol. The van der Waals surface area contributed by atoms with Gasteiger partial charge in [-0.1, -0.05) is 40.7 Å². The molecule has 0 aromatic carbocycles. The lowest BCUT2D eigenvalue weighted by molar-refractivity contribution is -0.136. The van der Waals surface area contributed by atoms with E-state index in [0.29, 0.717) is 5.84 Å². The lowest BCUT2D eigenvalue weighted by atomic mass is 10.5. The number of hydrogen-bond acceptors (Lipinski definition) is 3. The fourth-order valence-corrected chi connectivity index (χ4v) is 0.459. The summed E-state index contributed by atoms with van der Waals surface area (Å²) < 4.78 is 4.43. The van der Waals surface area contributed by atoms with E-state index in [-0.39, 0.29) is 5.70 Å². The normalized spacial score (nSPS) is 9.06. The van der Waals surface area contributed by atoms with Crippen molar-refractivity contribution in [3.05, 3.63) is 12.3 Å². The molecule has 0 atom stereocenters. The maximum Gasteiger partial charge on any atom is 0.356 e. The molecule has 0 rings (SSSR count). The van der Waals surface area contributed by atoms with Crippen LogP contribution >= 0.6 is 0 Å². The van der Waals surface area contributed by atoms with E-state index < -0.39 is 5.97 Å². The second-order valence-electron chi connectivity index (χ2n) is 3.20. The smallest absolute Gasteiger partial charge is 0.356 e. The molecular formula is C13H28N2O2. The lowest BCUT2D eigenvalue weighted by Gasteiger charge is -2.10. The van der Waals surface area contributed by atoms with E-state index >= 15 is 0 Å². The van der Waals surface area contributed by atoms with Crippen molar-refractivity contribution in [1.82, 2.24) is 4.90 Å². The van der Waals surface area contributed by atoms with Gasteiger partial charge < -0.3 is 9.64 Å². The first-order valence-electron chi connectivity index (χ1n) is 5.90. The quantitative estimate of drug-likeness (QED) is 0.324. The fraction of sp³-hybridized carbons (Fsp3) is 0.692. The number of nitrogens with zero attached hydrogens (tertiary/aromatic N) is 2. The Morgan fingerprint density at radius 2 is 1.65 bits per heavy atom. The maximum absolute atomic E-state index is 10.8. The van der Waals surface area contributed by atoms with Crippen LogP contribution in [0.25, 0.3) is 0 Å². The number of esters is 1. The van der Waals surface area contributed by atoms with Crippen LogP contribution in [0.2, 0.25) is 0 Å². The minimum absolute atomic E-state index is 0.115. The molecule has 0 aromatic heterocycles. The fourth-order valence-electron chi connectivity index (χ4n) is 0.459. The standard InChI is InChI=1S/C8H14N2O2.C3H8.C2H6/c1-6(8(11)12-5)9-7(2)10(3)4;1-3-2;1-2/h1H2,2-5H3;3H2,1-2H3;1-2H3. The van der Waals surface area contributed by atoms with E-state index in [1.54, 1.807) is 11.8 Å². The van der Waals surface area contributed by atoms with E-state index in [1.807, 2.05) is 27.9 Å². The lowest BCUT2D eigenvalue weighted by Crippen LogP contribution is -2.19. The monoisotopic (exact) mass is 244 g/mol. The molecule has 0 N–H and O–H groups in total. The zero-order chi connectivity index (χ0) is 14.4. The zero-order valence-corrected chi connectivity index (χ0v) is 12.6. The SMILES string of the molecule is C=C(N=C(C)N(C)C)C(=O)OC.CC.CCC. The molecule has 0 saturated carbocycles. The number of hydrogen-bond donors (Lipinski definition) is 0. The molecule has 4 nitrogen and oxygen atoms in total. The van der Waals surface area contributed by atoms with Gasteiger partial charge in [-0.05, 0) is 6.92 Å². The summed E-state index contributed by atoms with van der Waals surface area (Å²) in [5.74, 6) is 0.210. The second-order valence-corrected chi connectivity index (χ2v) is 3.20. The minimum Gasteiger partial charge on any atom is -0.464 e. The van der Waals surface area contributed by atoms with E-state index in [1.165, 1.54) is 13.5 Å². The summed E-state index contributed by atoms with van der Waals surface area (Å²) in [7, 11) is 4.97. The molecule has 0 aliphatic heterocycles. The van der Waals surface area contributed by atoms with Crippen molar-refractivity contribution >= 4 is 11.8 Å². The van der Waals surface area contributed by atoms with Crippen molar-refractivity contribution in [1.29, 1.82) is 0 Å². The molecular weight excluding hydrogens is 216 g/mol.